The standard InChI is InChI=1S/C14H13N3OS2.C8H8N2O2S2.C7H9N.3CH3.Al/c1-8-3-5-9(6-4-8)17-13(18)12-11(16)10(7-15)14(19-2)20-12;1-12-7(11)6-5(10)4(3-9)8(13-2)14-6;1-6-2-4-7(8)5-3-6;;;;/h3-6H,16H2,1-2H3,(H,17,18);10H2,1-2H3;2-5H,8H2,1H3;3*1H3;. The molecule has 0 fully saturated rings. The number of hydrogen-bond donors (Lipinski definition) is 4. The quantitative estimate of drug-likeness (QED) is 0.0683. The molecule has 2 aromatic heterocycles. The highest BCUT2D eigenvalue weighted by Gasteiger charge is 2.21. The van der Waals surface area contributed by atoms with E-state index in [-0.39, 0.29) is 31.4 Å². The number of thioether (sulfide) groups is 2. The van der Waals surface area contributed by atoms with Gasteiger partial charge in [0.05, 0.1) is 26.9 Å². The van der Waals surface area contributed by atoms with Crippen molar-refractivity contribution in [2.45, 2.75) is 39.6 Å². The van der Waals surface area contributed by atoms with Gasteiger partial charge >= 0.3 is 5.97 Å². The number of aryl methyl sites for hydroxylation is 2. The van der Waals surface area contributed by atoms with Gasteiger partial charge in [-0.1, -0.05) is 35.4 Å². The second-order valence-corrected chi connectivity index (χ2v) is 17.8. The fourth-order valence-electron chi connectivity index (χ4n) is 3.15. The van der Waals surface area contributed by atoms with E-state index in [9.17, 15) is 9.59 Å². The van der Waals surface area contributed by atoms with Gasteiger partial charge in [-0.3, -0.25) is 4.79 Å². The molecule has 0 aliphatic rings. The largest absolute Gasteiger partial charge is 0.465 e. The van der Waals surface area contributed by atoms with Crippen molar-refractivity contribution >= 4 is 95.0 Å². The number of hydrogen-bond acceptors (Lipinski definition) is 12. The van der Waals surface area contributed by atoms with Crippen molar-refractivity contribution in [3.05, 3.63) is 80.5 Å². The van der Waals surface area contributed by atoms with Crippen LogP contribution in [0.15, 0.2) is 56.9 Å². The highest BCUT2D eigenvalue weighted by atomic mass is 32.2. The van der Waals surface area contributed by atoms with Crippen LogP contribution in [0, 0.1) is 36.5 Å². The molecule has 46 heavy (non-hydrogen) atoms. The van der Waals surface area contributed by atoms with E-state index < -0.39 is 5.97 Å². The Balaban J connectivity index is 0.000000351. The first-order valence-corrected chi connectivity index (χ1v) is 21.3. The molecule has 0 aliphatic heterocycles. The molecule has 4 aromatic rings. The Labute approximate surface area is 292 Å². The lowest BCUT2D eigenvalue weighted by atomic mass is 10.2. The molecule has 2 heterocycles. The molecule has 7 N–H and O–H groups in total. The van der Waals surface area contributed by atoms with E-state index in [4.69, 9.17) is 27.7 Å². The maximum Gasteiger partial charge on any atom is 0.350 e. The summed E-state index contributed by atoms with van der Waals surface area (Å²) in [6.45, 7) is 4.02. The van der Waals surface area contributed by atoms with Crippen molar-refractivity contribution in [1.29, 1.82) is 10.5 Å². The maximum atomic E-state index is 12.2. The number of nitrogen functional groups attached to an aromatic ring is 3. The average Bonchev–Trinajstić information content (AvgIpc) is 3.54. The van der Waals surface area contributed by atoms with Crippen LogP contribution in [-0.2, 0) is 4.74 Å². The Kier molecular flexibility index (Phi) is 18.0. The Morgan fingerprint density at radius 2 is 1.17 bits per heavy atom. The molecule has 0 unspecified atom stereocenters. The van der Waals surface area contributed by atoms with Gasteiger partial charge in [-0.25, -0.2) is 4.79 Å². The first-order valence-electron chi connectivity index (χ1n) is 13.7. The topological polar surface area (TPSA) is 181 Å². The third-order valence-corrected chi connectivity index (χ3v) is 10.0. The van der Waals surface area contributed by atoms with Crippen molar-refractivity contribution in [2.75, 3.05) is 42.1 Å². The Bertz CT molecular complexity index is 1650. The van der Waals surface area contributed by atoms with E-state index in [1.54, 1.807) is 0 Å². The van der Waals surface area contributed by atoms with Crippen LogP contribution in [-0.4, -0.2) is 45.6 Å². The van der Waals surface area contributed by atoms with Gasteiger partial charge in [0.15, 0.2) is 0 Å². The zero-order valence-electron chi connectivity index (χ0n) is 27.2. The molecule has 2 aromatic carbocycles. The predicted molar refractivity (Wildman–Crippen MR) is 200 cm³/mol. The number of thiophene rings is 2. The van der Waals surface area contributed by atoms with Gasteiger partial charge < -0.3 is 27.3 Å². The van der Waals surface area contributed by atoms with Crippen LogP contribution in [0.4, 0.5) is 22.7 Å². The number of nitriles is 2. The molecule has 0 aliphatic carbocycles. The van der Waals surface area contributed by atoms with Crippen LogP contribution >= 0.6 is 46.2 Å². The third-order valence-electron chi connectivity index (χ3n) is 5.38. The Morgan fingerprint density at radius 3 is 1.52 bits per heavy atom. The van der Waals surface area contributed by atoms with Gasteiger partial charge in [0.1, 0.15) is 33.0 Å². The Morgan fingerprint density at radius 1 is 0.783 bits per heavy atom. The van der Waals surface area contributed by atoms with E-state index in [2.05, 4.69) is 27.4 Å². The summed E-state index contributed by atoms with van der Waals surface area (Å²) in [7, 11) is 1.28. The lowest BCUT2D eigenvalue weighted by Crippen LogP contribution is -2.12. The minimum absolute atomic E-state index is 0.139. The molecule has 14 heteroatoms. The van der Waals surface area contributed by atoms with Gasteiger partial charge in [-0.05, 0) is 50.6 Å². The second-order valence-electron chi connectivity index (χ2n) is 10.1. The summed E-state index contributed by atoms with van der Waals surface area (Å²) >= 11 is 5.10. The van der Waals surface area contributed by atoms with E-state index in [0.717, 1.165) is 19.7 Å². The number of rotatable bonds is 5. The fourth-order valence-corrected chi connectivity index (χ4v) is 6.65. The third kappa shape index (κ3) is 12.6. The summed E-state index contributed by atoms with van der Waals surface area (Å²) in [4.78, 5) is 24.1. The second kappa shape index (κ2) is 20.5. The van der Waals surface area contributed by atoms with E-state index >= 15 is 0 Å². The first kappa shape index (κ1) is 40.4. The predicted octanol–water partition coefficient (Wildman–Crippen LogP) is 8.14. The summed E-state index contributed by atoms with van der Waals surface area (Å²) < 4.78 is 6.05. The highest BCUT2D eigenvalue weighted by molar-refractivity contribution is 8.00. The van der Waals surface area contributed by atoms with Crippen LogP contribution in [0.1, 0.15) is 41.6 Å². The number of anilines is 4. The lowest BCUT2D eigenvalue weighted by Gasteiger charge is -2.04. The number of nitrogens with two attached hydrogens (primary N) is 3. The molecule has 4 rings (SSSR count). The van der Waals surface area contributed by atoms with Crippen molar-refractivity contribution in [1.82, 2.24) is 0 Å². The van der Waals surface area contributed by atoms with E-state index in [1.165, 1.54) is 58.9 Å². The summed E-state index contributed by atoms with van der Waals surface area (Å²) in [5, 5.41) is 20.7. The summed E-state index contributed by atoms with van der Waals surface area (Å²) in [6, 6.07) is 19.3. The zero-order valence-corrected chi connectivity index (χ0v) is 31.6. The summed E-state index contributed by atoms with van der Waals surface area (Å²) in [5.74, 6) is 6.14. The van der Waals surface area contributed by atoms with E-state index in [1.807, 2.05) is 87.0 Å². The molecular formula is C32H39AlN6O3S4. The minimum Gasteiger partial charge on any atom is -0.465 e. The zero-order chi connectivity index (χ0) is 35.0. The molecule has 0 spiro atoms. The minimum atomic E-state index is -0.496. The van der Waals surface area contributed by atoms with Crippen LogP contribution in [0.3, 0.4) is 0 Å². The summed E-state index contributed by atoms with van der Waals surface area (Å²) in [6.07, 6.45) is 3.68. The molecule has 0 bridgehead atoms. The number of nitrogens with zero attached hydrogens (tertiary/aromatic N) is 2. The van der Waals surface area contributed by atoms with Crippen LogP contribution < -0.4 is 22.5 Å². The molecule has 242 valence electrons. The molecular weight excluding hydrogens is 672 g/mol. The molecule has 0 atom stereocenters. The van der Waals surface area contributed by atoms with Crippen molar-refractivity contribution in [2.24, 2.45) is 0 Å². The number of nitrogens with one attached hydrogen (secondary N) is 1. The van der Waals surface area contributed by atoms with Crippen molar-refractivity contribution in [3.63, 3.8) is 0 Å². The lowest BCUT2D eigenvalue weighted by molar-refractivity contribution is 0.0607. The van der Waals surface area contributed by atoms with Gasteiger partial charge in [-0.15, -0.1) is 63.6 Å². The normalized spacial score (nSPS) is 9.43. The summed E-state index contributed by atoms with van der Waals surface area (Å²) in [5.41, 5.74) is 22.1. The van der Waals surface area contributed by atoms with Gasteiger partial charge in [0.2, 0.25) is 0 Å². The van der Waals surface area contributed by atoms with E-state index in [0.29, 0.717) is 26.6 Å². The molecule has 0 saturated heterocycles. The number of methoxy groups -OCH3 is 1. The van der Waals surface area contributed by atoms with Crippen LogP contribution in [0.2, 0.25) is 17.4 Å². The number of amides is 1. The average molecular weight is 711 g/mol. The number of carbonyl (C=O) groups excluding carboxylic acids is 2. The van der Waals surface area contributed by atoms with Gasteiger partial charge in [0.25, 0.3) is 20.1 Å². The molecule has 0 saturated carbocycles. The fraction of sp³-hybridized carbons (Fsp3) is 0.250. The van der Waals surface area contributed by atoms with Crippen molar-refractivity contribution in [3.8, 4) is 12.1 Å². The number of ether oxygens (including phenoxy) is 1. The van der Waals surface area contributed by atoms with Crippen LogP contribution in [0.5, 0.6) is 0 Å². The van der Waals surface area contributed by atoms with Gasteiger partial charge in [-0.2, -0.15) is 10.5 Å². The molecule has 0 radical (unpaired) electrons. The van der Waals surface area contributed by atoms with Gasteiger partial charge in [0, 0.05) is 11.4 Å². The monoisotopic (exact) mass is 710 g/mol. The smallest absolute Gasteiger partial charge is 0.350 e. The molecule has 9 nitrogen and oxygen atoms in total. The number of benzene rings is 2. The number of carbonyl (C=O) groups is 2. The Hall–Kier alpha value is -3.61. The molecule has 1 amide bonds. The van der Waals surface area contributed by atoms with Crippen LogP contribution in [0.25, 0.3) is 0 Å². The maximum absolute atomic E-state index is 12.2. The highest BCUT2D eigenvalue weighted by Crippen LogP contribution is 2.37. The SMILES string of the molecule is COC(=O)c1sc(SC)c(C#N)c1N.CSc1sc(C(=O)Nc2ccc(C)cc2)c(N)c1C#N.Cc1ccc(N)cc1.[CH3][Al]([CH3])[CH3]. The van der Waals surface area contributed by atoms with Crippen molar-refractivity contribution < 1.29 is 14.3 Å². The first-order chi connectivity index (χ1) is 21.7. The number of esters is 1.